The molecule has 0 saturated carbocycles. The topological polar surface area (TPSA) is 176 Å². The van der Waals surface area contributed by atoms with Gasteiger partial charge in [0.2, 0.25) is 0 Å². The van der Waals surface area contributed by atoms with Gasteiger partial charge in [-0.2, -0.15) is 0 Å². The normalized spacial score (nSPS) is 13.7. The highest BCUT2D eigenvalue weighted by molar-refractivity contribution is 14.1. The number of hydrogen-bond donors (Lipinski definition) is 0. The van der Waals surface area contributed by atoms with Crippen molar-refractivity contribution in [1.82, 2.24) is 0 Å². The maximum absolute atomic E-state index is 13.7. The standard InChI is InChI=1S/C75H48I4O14/c1-8-62(80)86-46-17-21-50-40(29-46)13-25-58-67(50)65(44-33-54(76)71(55(77)34-44)92-63(81)9-2)68-51-22-18-47(30-41(51)14-26-59(68)90-58)87-64(82)12-10-11-39(7)75(85)89-49-20-24-53-43(32-49)16-28-61-70(53)66(45-35-56(78)72(57(79)36-45)93-74(84)38(5)6)69-52-23-19-48(88-73(83)37(3)4)31-42(52)15-27-60(69)91-61/h8-36,65-66H,1-3,5H2,4,6-7H3/b12-10+,39-11+. The Morgan fingerprint density at radius 3 is 1.09 bits per heavy atom. The van der Waals surface area contributed by atoms with Crippen LogP contribution in [0.15, 0.2) is 219 Å². The monoisotopic (exact) mass is 1680 g/mol. The average Bonchev–Trinajstić information content (AvgIpc) is 0.731. The lowest BCUT2D eigenvalue weighted by Crippen LogP contribution is -2.15. The van der Waals surface area contributed by atoms with Gasteiger partial charge in [-0.1, -0.05) is 87.0 Å². The van der Waals surface area contributed by atoms with Crippen LogP contribution in [0.1, 0.15) is 66.0 Å². The molecule has 0 amide bonds. The molecule has 10 aromatic carbocycles. The molecule has 0 bridgehead atoms. The van der Waals surface area contributed by atoms with Gasteiger partial charge in [0.1, 0.15) is 46.0 Å². The van der Waals surface area contributed by atoms with Crippen molar-refractivity contribution in [3.05, 3.63) is 267 Å². The molecule has 0 spiro atoms. The van der Waals surface area contributed by atoms with Gasteiger partial charge in [-0.15, -0.1) is 0 Å². The molecule has 0 aromatic heterocycles. The lowest BCUT2D eigenvalue weighted by atomic mass is 9.78. The predicted molar refractivity (Wildman–Crippen MR) is 388 cm³/mol. The van der Waals surface area contributed by atoms with Gasteiger partial charge in [0, 0.05) is 69.0 Å². The van der Waals surface area contributed by atoms with Gasteiger partial charge in [0.15, 0.2) is 11.5 Å². The van der Waals surface area contributed by atoms with Crippen LogP contribution in [-0.4, -0.2) is 35.8 Å². The SMILES string of the molecule is C=CC(=O)Oc1ccc2c3c(ccc2c1)Oc1ccc2cc(OC(=O)/C=C/C=C(\C)C(=O)Oc4ccc5c6c(ccc5c4)Oc4ccc5cc(OC(=O)C(=C)C)ccc5c4C6c4cc(I)c(OC(=O)C(=C)C)c(I)c4)ccc2c1C3c1cc(I)c(OC(=O)C=C)c(I)c1. The van der Waals surface area contributed by atoms with E-state index in [1.807, 2.05) is 97.1 Å². The molecule has 12 rings (SSSR count). The van der Waals surface area contributed by atoms with Gasteiger partial charge < -0.3 is 37.9 Å². The predicted octanol–water partition coefficient (Wildman–Crippen LogP) is 18.4. The van der Waals surface area contributed by atoms with E-state index in [2.05, 4.69) is 117 Å². The van der Waals surface area contributed by atoms with Crippen LogP contribution in [0, 0.1) is 14.3 Å². The number of benzene rings is 10. The van der Waals surface area contributed by atoms with E-state index in [9.17, 15) is 28.8 Å². The van der Waals surface area contributed by atoms with E-state index in [-0.39, 0.29) is 28.2 Å². The third-order valence-electron chi connectivity index (χ3n) is 15.5. The van der Waals surface area contributed by atoms with Crippen LogP contribution in [0.2, 0.25) is 0 Å². The minimum Gasteiger partial charge on any atom is -0.457 e. The van der Waals surface area contributed by atoms with Crippen molar-refractivity contribution >= 4 is 169 Å². The molecule has 10 aromatic rings. The van der Waals surface area contributed by atoms with E-state index in [4.69, 9.17) is 37.9 Å². The lowest BCUT2D eigenvalue weighted by molar-refractivity contribution is -0.131. The number of rotatable bonds is 15. The van der Waals surface area contributed by atoms with Crippen molar-refractivity contribution in [3.8, 4) is 57.5 Å². The number of halogens is 4. The van der Waals surface area contributed by atoms with Gasteiger partial charge in [-0.3, -0.25) is 0 Å². The van der Waals surface area contributed by atoms with E-state index in [0.717, 1.165) is 88.6 Å². The molecule has 14 nitrogen and oxygen atoms in total. The molecule has 0 aliphatic carbocycles. The highest BCUT2D eigenvalue weighted by Gasteiger charge is 2.36. The van der Waals surface area contributed by atoms with Crippen molar-refractivity contribution < 1.29 is 66.7 Å². The number of ether oxygens (including phenoxy) is 8. The summed E-state index contributed by atoms with van der Waals surface area (Å²) in [5, 5.41) is 6.43. The summed E-state index contributed by atoms with van der Waals surface area (Å²) in [7, 11) is 0. The van der Waals surface area contributed by atoms with Crippen LogP contribution in [0.5, 0.6) is 57.5 Å². The quantitative estimate of drug-likeness (QED) is 0.0311. The fraction of sp³-hybridized carbons (Fsp3) is 0.0667. The fourth-order valence-electron chi connectivity index (χ4n) is 11.3. The second kappa shape index (κ2) is 26.6. The Balaban J connectivity index is 0.803. The number of carbonyl (C=O) groups is 6. The molecule has 0 fully saturated rings. The van der Waals surface area contributed by atoms with Crippen LogP contribution in [-0.2, 0) is 28.8 Å². The molecule has 2 heterocycles. The zero-order valence-corrected chi connectivity index (χ0v) is 58.1. The number of hydrogen-bond acceptors (Lipinski definition) is 14. The minimum absolute atomic E-state index is 0.204. The molecule has 18 heteroatoms. The van der Waals surface area contributed by atoms with Crippen molar-refractivity contribution in [1.29, 1.82) is 0 Å². The largest absolute Gasteiger partial charge is 0.457 e. The van der Waals surface area contributed by atoms with Crippen molar-refractivity contribution in [2.45, 2.75) is 32.6 Å². The third-order valence-corrected chi connectivity index (χ3v) is 18.7. The van der Waals surface area contributed by atoms with Gasteiger partial charge >= 0.3 is 35.8 Å². The van der Waals surface area contributed by atoms with Crippen LogP contribution in [0.4, 0.5) is 0 Å². The van der Waals surface area contributed by atoms with E-state index in [1.54, 1.807) is 69.3 Å². The highest BCUT2D eigenvalue weighted by atomic mass is 127. The Morgan fingerprint density at radius 1 is 0.398 bits per heavy atom. The molecule has 2 aliphatic heterocycles. The summed E-state index contributed by atoms with van der Waals surface area (Å²) >= 11 is 8.67. The molecule has 0 saturated heterocycles. The van der Waals surface area contributed by atoms with Gasteiger partial charge in [0.25, 0.3) is 0 Å². The molecular weight excluding hydrogens is 1630 g/mol. The van der Waals surface area contributed by atoms with E-state index in [1.165, 1.54) is 18.2 Å². The summed E-state index contributed by atoms with van der Waals surface area (Å²) in [5.74, 6) is 0.0595. The first-order chi connectivity index (χ1) is 44.6. The number of fused-ring (bicyclic) bond motifs is 12. The van der Waals surface area contributed by atoms with Crippen LogP contribution < -0.4 is 37.9 Å². The first-order valence-corrected chi connectivity index (χ1v) is 32.8. The Morgan fingerprint density at radius 2 is 0.720 bits per heavy atom. The first kappa shape index (κ1) is 64.1. The van der Waals surface area contributed by atoms with E-state index >= 15 is 0 Å². The fourth-order valence-corrected chi connectivity index (χ4v) is 15.4. The smallest absolute Gasteiger partial charge is 0.339 e. The molecule has 2 unspecified atom stereocenters. The third kappa shape index (κ3) is 13.0. The van der Waals surface area contributed by atoms with Crippen LogP contribution in [0.25, 0.3) is 43.1 Å². The molecule has 0 radical (unpaired) electrons. The van der Waals surface area contributed by atoms with Crippen molar-refractivity contribution in [2.24, 2.45) is 0 Å². The Hall–Kier alpha value is -8.98. The molecular formula is C75H48I4O14. The Bertz CT molecular complexity index is 5030. The zero-order chi connectivity index (χ0) is 65.7. The number of esters is 6. The average molecular weight is 1680 g/mol. The van der Waals surface area contributed by atoms with Gasteiger partial charge in [0.05, 0.1) is 14.3 Å². The first-order valence-electron chi connectivity index (χ1n) is 28.5. The number of allylic oxidation sites excluding steroid dienone is 2. The Kier molecular flexibility index (Phi) is 18.3. The van der Waals surface area contributed by atoms with Crippen molar-refractivity contribution in [2.75, 3.05) is 0 Å². The summed E-state index contributed by atoms with van der Waals surface area (Å²) in [6, 6.07) is 44.6. The summed E-state index contributed by atoms with van der Waals surface area (Å²) in [5.41, 5.74) is 5.88. The number of carbonyl (C=O) groups excluding carboxylic acids is 6. The molecule has 0 N–H and O–H groups in total. The van der Waals surface area contributed by atoms with Gasteiger partial charge in [-0.25, -0.2) is 28.8 Å². The maximum atomic E-state index is 13.7. The maximum Gasteiger partial charge on any atom is 0.339 e. The van der Waals surface area contributed by atoms with Crippen molar-refractivity contribution in [3.63, 3.8) is 0 Å². The van der Waals surface area contributed by atoms with E-state index < -0.39 is 47.7 Å². The Labute approximate surface area is 587 Å². The molecule has 2 aliphatic rings. The zero-order valence-electron chi connectivity index (χ0n) is 49.5. The minimum atomic E-state index is -0.693. The van der Waals surface area contributed by atoms with Gasteiger partial charge in [-0.05, 0) is 262 Å². The summed E-state index contributed by atoms with van der Waals surface area (Å²) in [4.78, 5) is 77.0. The summed E-state index contributed by atoms with van der Waals surface area (Å²) in [6.45, 7) is 19.3. The summed E-state index contributed by atoms with van der Waals surface area (Å²) in [6.07, 6.45) is 6.31. The molecule has 93 heavy (non-hydrogen) atoms. The second-order valence-electron chi connectivity index (χ2n) is 21.7. The van der Waals surface area contributed by atoms with Crippen LogP contribution >= 0.6 is 90.4 Å². The van der Waals surface area contributed by atoms with Crippen LogP contribution in [0.3, 0.4) is 0 Å². The van der Waals surface area contributed by atoms with E-state index in [0.29, 0.717) is 60.3 Å². The molecule has 2 atom stereocenters. The molecule has 460 valence electrons. The summed E-state index contributed by atoms with van der Waals surface area (Å²) < 4.78 is 50.5. The highest BCUT2D eigenvalue weighted by Crippen LogP contribution is 2.56. The lowest BCUT2D eigenvalue weighted by Gasteiger charge is -2.31. The second-order valence-corrected chi connectivity index (χ2v) is 26.4.